The molecule has 3 heteroatoms. The SMILES string of the molecule is CC1SCCN(C(C)CNC2CC2)C1C. The Hall–Kier alpha value is 0.270. The first kappa shape index (κ1) is 11.7. The molecule has 3 atom stereocenters. The molecular weight excluding hydrogens is 204 g/mol. The highest BCUT2D eigenvalue weighted by Gasteiger charge is 2.29. The molecule has 0 aromatic heterocycles. The Morgan fingerprint density at radius 1 is 1.40 bits per heavy atom. The molecule has 0 bridgehead atoms. The summed E-state index contributed by atoms with van der Waals surface area (Å²) in [6.45, 7) is 9.55. The zero-order valence-corrected chi connectivity index (χ0v) is 11.0. The van der Waals surface area contributed by atoms with Crippen molar-refractivity contribution >= 4 is 11.8 Å². The number of thioether (sulfide) groups is 1. The minimum absolute atomic E-state index is 0.698. The van der Waals surface area contributed by atoms with Crippen LogP contribution in [0.3, 0.4) is 0 Å². The van der Waals surface area contributed by atoms with Crippen molar-refractivity contribution in [3.05, 3.63) is 0 Å². The van der Waals surface area contributed by atoms with Crippen LogP contribution < -0.4 is 5.32 Å². The fourth-order valence-electron chi connectivity index (χ4n) is 2.32. The van der Waals surface area contributed by atoms with Crippen molar-refractivity contribution in [3.63, 3.8) is 0 Å². The Labute approximate surface area is 98.2 Å². The summed E-state index contributed by atoms with van der Waals surface area (Å²) in [4.78, 5) is 2.68. The molecule has 2 nitrogen and oxygen atoms in total. The van der Waals surface area contributed by atoms with Crippen LogP contribution in [0, 0.1) is 0 Å². The maximum absolute atomic E-state index is 3.64. The third-order valence-electron chi connectivity index (χ3n) is 3.78. The van der Waals surface area contributed by atoms with Gasteiger partial charge in [0, 0.05) is 42.2 Å². The lowest BCUT2D eigenvalue weighted by Crippen LogP contribution is -2.52. The zero-order chi connectivity index (χ0) is 10.8. The third-order valence-corrected chi connectivity index (χ3v) is 5.12. The number of nitrogens with zero attached hydrogens (tertiary/aromatic N) is 1. The Morgan fingerprint density at radius 3 is 2.80 bits per heavy atom. The van der Waals surface area contributed by atoms with Crippen LogP contribution in [0.15, 0.2) is 0 Å². The second kappa shape index (κ2) is 5.07. The topological polar surface area (TPSA) is 15.3 Å². The minimum Gasteiger partial charge on any atom is -0.312 e. The lowest BCUT2D eigenvalue weighted by molar-refractivity contribution is 0.154. The van der Waals surface area contributed by atoms with Crippen LogP contribution in [0.4, 0.5) is 0 Å². The highest BCUT2D eigenvalue weighted by Crippen LogP contribution is 2.26. The van der Waals surface area contributed by atoms with E-state index in [2.05, 4.69) is 42.7 Å². The van der Waals surface area contributed by atoms with Crippen molar-refractivity contribution in [2.75, 3.05) is 18.8 Å². The summed E-state index contributed by atoms with van der Waals surface area (Å²) in [6.07, 6.45) is 2.79. The van der Waals surface area contributed by atoms with E-state index in [0.717, 1.165) is 17.3 Å². The number of hydrogen-bond donors (Lipinski definition) is 1. The van der Waals surface area contributed by atoms with Gasteiger partial charge in [-0.2, -0.15) is 11.8 Å². The van der Waals surface area contributed by atoms with Crippen LogP contribution in [0.25, 0.3) is 0 Å². The summed E-state index contributed by atoms with van der Waals surface area (Å²) >= 11 is 2.12. The molecule has 1 aliphatic carbocycles. The van der Waals surface area contributed by atoms with E-state index in [1.807, 2.05) is 0 Å². The van der Waals surface area contributed by atoms with Crippen molar-refractivity contribution in [1.82, 2.24) is 10.2 Å². The molecule has 2 aliphatic rings. The average Bonchev–Trinajstić information content (AvgIpc) is 3.02. The van der Waals surface area contributed by atoms with E-state index < -0.39 is 0 Å². The summed E-state index contributed by atoms with van der Waals surface area (Å²) in [5.74, 6) is 1.30. The van der Waals surface area contributed by atoms with Crippen molar-refractivity contribution in [1.29, 1.82) is 0 Å². The van der Waals surface area contributed by atoms with Gasteiger partial charge in [0.15, 0.2) is 0 Å². The van der Waals surface area contributed by atoms with Gasteiger partial charge in [0.05, 0.1) is 0 Å². The van der Waals surface area contributed by atoms with Gasteiger partial charge in [-0.3, -0.25) is 4.90 Å². The number of hydrogen-bond acceptors (Lipinski definition) is 3. The smallest absolute Gasteiger partial charge is 0.0196 e. The summed E-state index contributed by atoms with van der Waals surface area (Å²) < 4.78 is 0. The van der Waals surface area contributed by atoms with Crippen LogP contribution in [-0.4, -0.2) is 47.1 Å². The van der Waals surface area contributed by atoms with Crippen molar-refractivity contribution in [2.45, 2.75) is 57.0 Å². The van der Waals surface area contributed by atoms with E-state index >= 15 is 0 Å². The Morgan fingerprint density at radius 2 is 2.13 bits per heavy atom. The van der Waals surface area contributed by atoms with Crippen LogP contribution in [0.2, 0.25) is 0 Å². The molecule has 2 rings (SSSR count). The third kappa shape index (κ3) is 3.11. The van der Waals surface area contributed by atoms with E-state index in [9.17, 15) is 0 Å². The van der Waals surface area contributed by atoms with Crippen LogP contribution in [-0.2, 0) is 0 Å². The minimum atomic E-state index is 0.698. The van der Waals surface area contributed by atoms with E-state index in [1.165, 1.54) is 31.7 Å². The van der Waals surface area contributed by atoms with E-state index in [-0.39, 0.29) is 0 Å². The molecule has 1 saturated carbocycles. The highest BCUT2D eigenvalue weighted by atomic mass is 32.2. The summed E-state index contributed by atoms with van der Waals surface area (Å²) in [5, 5.41) is 4.43. The van der Waals surface area contributed by atoms with Gasteiger partial charge in [0.1, 0.15) is 0 Å². The second-order valence-corrected chi connectivity index (χ2v) is 6.57. The molecule has 0 aromatic rings. The van der Waals surface area contributed by atoms with Crippen LogP contribution >= 0.6 is 11.8 Å². The monoisotopic (exact) mass is 228 g/mol. The maximum Gasteiger partial charge on any atom is 0.0196 e. The predicted octanol–water partition coefficient (Wildman–Crippen LogP) is 1.95. The van der Waals surface area contributed by atoms with Crippen LogP contribution in [0.5, 0.6) is 0 Å². The molecule has 3 unspecified atom stereocenters. The lowest BCUT2D eigenvalue weighted by Gasteiger charge is -2.41. The number of rotatable bonds is 4. The zero-order valence-electron chi connectivity index (χ0n) is 10.2. The first-order valence-electron chi connectivity index (χ1n) is 6.29. The van der Waals surface area contributed by atoms with Gasteiger partial charge in [-0.05, 0) is 26.7 Å². The van der Waals surface area contributed by atoms with E-state index in [0.29, 0.717) is 6.04 Å². The molecule has 1 aliphatic heterocycles. The normalized spacial score (nSPS) is 35.4. The van der Waals surface area contributed by atoms with Gasteiger partial charge in [0.2, 0.25) is 0 Å². The van der Waals surface area contributed by atoms with Gasteiger partial charge in [-0.15, -0.1) is 0 Å². The molecule has 0 aromatic carbocycles. The molecule has 1 saturated heterocycles. The molecule has 88 valence electrons. The first-order chi connectivity index (χ1) is 7.18. The molecule has 0 radical (unpaired) electrons. The van der Waals surface area contributed by atoms with Crippen LogP contribution in [0.1, 0.15) is 33.6 Å². The molecule has 15 heavy (non-hydrogen) atoms. The highest BCUT2D eigenvalue weighted by molar-refractivity contribution is 8.00. The summed E-state index contributed by atoms with van der Waals surface area (Å²) in [5.41, 5.74) is 0. The van der Waals surface area contributed by atoms with Gasteiger partial charge >= 0.3 is 0 Å². The Balaban J connectivity index is 1.78. The molecule has 1 heterocycles. The Kier molecular flexibility index (Phi) is 3.97. The van der Waals surface area contributed by atoms with Gasteiger partial charge in [-0.1, -0.05) is 6.92 Å². The largest absolute Gasteiger partial charge is 0.312 e. The fraction of sp³-hybridized carbons (Fsp3) is 1.00. The van der Waals surface area contributed by atoms with Crippen molar-refractivity contribution in [3.8, 4) is 0 Å². The van der Waals surface area contributed by atoms with Gasteiger partial charge in [0.25, 0.3) is 0 Å². The fourth-order valence-corrected chi connectivity index (χ4v) is 3.44. The lowest BCUT2D eigenvalue weighted by atomic mass is 10.1. The van der Waals surface area contributed by atoms with E-state index in [1.54, 1.807) is 0 Å². The summed E-state index contributed by atoms with van der Waals surface area (Å²) in [7, 11) is 0. The molecule has 0 spiro atoms. The molecular formula is C12H24N2S. The average molecular weight is 228 g/mol. The van der Waals surface area contributed by atoms with Crippen molar-refractivity contribution < 1.29 is 0 Å². The summed E-state index contributed by atoms with van der Waals surface area (Å²) in [6, 6.07) is 2.28. The number of nitrogens with one attached hydrogen (secondary N) is 1. The molecule has 1 N–H and O–H groups in total. The van der Waals surface area contributed by atoms with Crippen molar-refractivity contribution in [2.24, 2.45) is 0 Å². The quantitative estimate of drug-likeness (QED) is 0.792. The molecule has 0 amide bonds. The molecule has 2 fully saturated rings. The van der Waals surface area contributed by atoms with Gasteiger partial charge in [-0.25, -0.2) is 0 Å². The maximum atomic E-state index is 3.64. The first-order valence-corrected chi connectivity index (χ1v) is 7.34. The second-order valence-electron chi connectivity index (χ2n) is 5.09. The van der Waals surface area contributed by atoms with Gasteiger partial charge < -0.3 is 5.32 Å². The predicted molar refractivity (Wildman–Crippen MR) is 68.6 cm³/mol. The standard InChI is InChI=1S/C12H24N2S/c1-9(8-13-12-4-5-12)14-6-7-15-11(3)10(14)2/h9-13H,4-8H2,1-3H3. The Bertz CT molecular complexity index is 206. The van der Waals surface area contributed by atoms with E-state index in [4.69, 9.17) is 0 Å².